The fourth-order valence-electron chi connectivity index (χ4n) is 3.50. The monoisotopic (exact) mass is 445 g/mol. The Hall–Kier alpha value is -4.02. The number of benzene rings is 2. The lowest BCUT2D eigenvalue weighted by Crippen LogP contribution is -2.11. The van der Waals surface area contributed by atoms with E-state index in [1.165, 1.54) is 12.1 Å². The quantitative estimate of drug-likeness (QED) is 0.380. The van der Waals surface area contributed by atoms with Gasteiger partial charge in [0.2, 0.25) is 10.0 Å². The smallest absolute Gasteiger partial charge is 0.238 e. The number of primary sulfonamides is 1. The molecule has 0 bridgehead atoms. The van der Waals surface area contributed by atoms with E-state index in [0.29, 0.717) is 28.1 Å². The van der Waals surface area contributed by atoms with Crippen LogP contribution < -0.4 is 10.5 Å². The molecule has 32 heavy (non-hydrogen) atoms. The van der Waals surface area contributed by atoms with Crippen LogP contribution in [0.3, 0.4) is 0 Å². The van der Waals surface area contributed by atoms with Gasteiger partial charge in [0.15, 0.2) is 0 Å². The maximum absolute atomic E-state index is 11.8. The molecule has 2 aromatic carbocycles. The maximum Gasteiger partial charge on any atom is 0.238 e. The first kappa shape index (κ1) is 19.9. The van der Waals surface area contributed by atoms with Crippen molar-refractivity contribution >= 4 is 32.6 Å². The number of nitrogens with zero attached hydrogens (tertiary/aromatic N) is 4. The molecule has 0 saturated heterocycles. The van der Waals surface area contributed by atoms with Crippen molar-refractivity contribution in [1.29, 1.82) is 0 Å². The summed E-state index contributed by atoms with van der Waals surface area (Å²) in [5, 5.41) is 20.4. The van der Waals surface area contributed by atoms with Gasteiger partial charge in [-0.05, 0) is 30.3 Å². The number of aromatic amines is 1. The summed E-state index contributed by atoms with van der Waals surface area (Å²) in [5.41, 5.74) is 5.05. The van der Waals surface area contributed by atoms with Crippen LogP contribution in [0.5, 0.6) is 0 Å². The van der Waals surface area contributed by atoms with Crippen LogP contribution in [0.2, 0.25) is 0 Å². The summed E-state index contributed by atoms with van der Waals surface area (Å²) in [7, 11) is -1.99. The number of hydrogen-bond acceptors (Lipinski definition) is 6. The van der Waals surface area contributed by atoms with Crippen LogP contribution in [0.4, 0.5) is 11.5 Å². The third-order valence-corrected chi connectivity index (χ3v) is 5.93. The summed E-state index contributed by atoms with van der Waals surface area (Å²) in [4.78, 5) is 4.88. The Balaban J connectivity index is 1.69. The molecule has 0 saturated carbocycles. The summed E-state index contributed by atoms with van der Waals surface area (Å²) in [6.45, 7) is 0. The van der Waals surface area contributed by atoms with Crippen molar-refractivity contribution in [3.05, 3.63) is 73.1 Å². The number of rotatable bonds is 5. The molecule has 0 fully saturated rings. The van der Waals surface area contributed by atoms with Gasteiger partial charge in [-0.25, -0.2) is 18.5 Å². The third-order valence-electron chi connectivity index (χ3n) is 5.02. The first-order chi connectivity index (χ1) is 15.4. The SMILES string of the molecule is Cn1cc(-c2cc3[nH]nc(-c4cccc(S(N)(=O)=O)c4)c3nc2Nc2ccccc2)cn1. The van der Waals surface area contributed by atoms with Crippen LogP contribution in [0.25, 0.3) is 33.4 Å². The first-order valence-electron chi connectivity index (χ1n) is 9.72. The Morgan fingerprint density at radius 2 is 1.84 bits per heavy atom. The van der Waals surface area contributed by atoms with E-state index < -0.39 is 10.0 Å². The first-order valence-corrected chi connectivity index (χ1v) is 11.3. The molecule has 5 aromatic rings. The van der Waals surface area contributed by atoms with Gasteiger partial charge in [0.1, 0.15) is 17.0 Å². The Labute approximate surface area is 184 Å². The van der Waals surface area contributed by atoms with Crippen LogP contribution in [0.15, 0.2) is 78.0 Å². The highest BCUT2D eigenvalue weighted by Crippen LogP contribution is 2.34. The van der Waals surface area contributed by atoms with E-state index in [9.17, 15) is 8.42 Å². The lowest BCUT2D eigenvalue weighted by Gasteiger charge is -2.11. The van der Waals surface area contributed by atoms with E-state index in [4.69, 9.17) is 10.1 Å². The fraction of sp³-hybridized carbons (Fsp3) is 0.0455. The number of aromatic nitrogens is 5. The number of H-pyrrole nitrogens is 1. The minimum absolute atomic E-state index is 0.0146. The van der Waals surface area contributed by atoms with E-state index in [2.05, 4.69) is 20.6 Å². The topological polar surface area (TPSA) is 132 Å². The molecule has 10 heteroatoms. The summed E-state index contributed by atoms with van der Waals surface area (Å²) >= 11 is 0. The van der Waals surface area contributed by atoms with Crippen molar-refractivity contribution < 1.29 is 8.42 Å². The van der Waals surface area contributed by atoms with E-state index >= 15 is 0 Å². The molecule has 5 rings (SSSR count). The Kier molecular flexibility index (Phi) is 4.72. The van der Waals surface area contributed by atoms with Crippen LogP contribution >= 0.6 is 0 Å². The van der Waals surface area contributed by atoms with Crippen LogP contribution in [-0.2, 0) is 17.1 Å². The van der Waals surface area contributed by atoms with Crippen molar-refractivity contribution in [2.75, 3.05) is 5.32 Å². The molecule has 0 radical (unpaired) electrons. The number of pyridine rings is 1. The predicted octanol–water partition coefficient (Wildman–Crippen LogP) is 3.42. The lowest BCUT2D eigenvalue weighted by atomic mass is 10.1. The zero-order valence-electron chi connectivity index (χ0n) is 17.0. The van der Waals surface area contributed by atoms with Crippen LogP contribution in [0, 0.1) is 0 Å². The van der Waals surface area contributed by atoms with E-state index in [-0.39, 0.29) is 4.90 Å². The average Bonchev–Trinajstić information content (AvgIpc) is 3.39. The van der Waals surface area contributed by atoms with Gasteiger partial charge in [-0.15, -0.1) is 0 Å². The molecular weight excluding hydrogens is 426 g/mol. The molecule has 9 nitrogen and oxygen atoms in total. The second-order valence-corrected chi connectivity index (χ2v) is 8.88. The minimum Gasteiger partial charge on any atom is -0.340 e. The standard InChI is InChI=1S/C22H19N7O2S/c1-29-13-15(12-24-29)18-11-19-21(26-22(18)25-16-7-3-2-4-8-16)20(28-27-19)14-6-5-9-17(10-14)32(23,30)31/h2-13H,1H3,(H,25,26)(H,27,28)(H2,23,30,31). The Morgan fingerprint density at radius 1 is 1.03 bits per heavy atom. The average molecular weight is 446 g/mol. The molecule has 3 heterocycles. The molecule has 0 aliphatic carbocycles. The number of hydrogen-bond donors (Lipinski definition) is 3. The molecule has 0 aliphatic heterocycles. The highest BCUT2D eigenvalue weighted by atomic mass is 32.2. The van der Waals surface area contributed by atoms with Gasteiger partial charge in [0, 0.05) is 35.6 Å². The van der Waals surface area contributed by atoms with Crippen molar-refractivity contribution in [2.24, 2.45) is 12.2 Å². The number of sulfonamides is 1. The number of anilines is 2. The Morgan fingerprint density at radius 3 is 2.56 bits per heavy atom. The number of fused-ring (bicyclic) bond motifs is 1. The van der Waals surface area contributed by atoms with Crippen molar-refractivity contribution in [2.45, 2.75) is 4.90 Å². The van der Waals surface area contributed by atoms with E-state index in [1.54, 1.807) is 23.0 Å². The van der Waals surface area contributed by atoms with E-state index in [1.807, 2.05) is 49.6 Å². The maximum atomic E-state index is 11.8. The summed E-state index contributed by atoms with van der Waals surface area (Å²) in [6, 6.07) is 18.0. The molecule has 0 amide bonds. The Bertz CT molecular complexity index is 1540. The van der Waals surface area contributed by atoms with Crippen LogP contribution in [-0.4, -0.2) is 33.4 Å². The zero-order chi connectivity index (χ0) is 22.3. The van der Waals surface area contributed by atoms with Crippen molar-refractivity contribution in [1.82, 2.24) is 25.0 Å². The van der Waals surface area contributed by atoms with Crippen molar-refractivity contribution in [3.8, 4) is 22.4 Å². The highest BCUT2D eigenvalue weighted by molar-refractivity contribution is 7.89. The molecule has 0 aliphatic rings. The van der Waals surface area contributed by atoms with Gasteiger partial charge in [0.05, 0.1) is 16.6 Å². The molecule has 0 spiro atoms. The van der Waals surface area contributed by atoms with Gasteiger partial charge >= 0.3 is 0 Å². The number of para-hydroxylation sites is 1. The highest BCUT2D eigenvalue weighted by Gasteiger charge is 2.18. The van der Waals surface area contributed by atoms with Crippen LogP contribution in [0.1, 0.15) is 0 Å². The second kappa shape index (κ2) is 7.59. The predicted molar refractivity (Wildman–Crippen MR) is 123 cm³/mol. The van der Waals surface area contributed by atoms with Gasteiger partial charge in [-0.2, -0.15) is 10.2 Å². The largest absolute Gasteiger partial charge is 0.340 e. The second-order valence-electron chi connectivity index (χ2n) is 7.32. The van der Waals surface area contributed by atoms with Gasteiger partial charge < -0.3 is 5.32 Å². The number of nitrogens with two attached hydrogens (primary N) is 1. The molecular formula is C22H19N7O2S. The number of aryl methyl sites for hydroxylation is 1. The normalized spacial score (nSPS) is 11.7. The number of nitrogens with one attached hydrogen (secondary N) is 2. The fourth-order valence-corrected chi connectivity index (χ4v) is 4.06. The van der Waals surface area contributed by atoms with Gasteiger partial charge in [-0.1, -0.05) is 30.3 Å². The lowest BCUT2D eigenvalue weighted by molar-refractivity contribution is 0.598. The molecule has 3 aromatic heterocycles. The van der Waals surface area contributed by atoms with Gasteiger partial charge in [0.25, 0.3) is 0 Å². The summed E-state index contributed by atoms with van der Waals surface area (Å²) in [5.74, 6) is 0.627. The zero-order valence-corrected chi connectivity index (χ0v) is 17.8. The molecule has 0 atom stereocenters. The van der Waals surface area contributed by atoms with Gasteiger partial charge in [-0.3, -0.25) is 9.78 Å². The van der Waals surface area contributed by atoms with Crippen molar-refractivity contribution in [3.63, 3.8) is 0 Å². The third kappa shape index (κ3) is 3.72. The molecule has 0 unspecified atom stereocenters. The summed E-state index contributed by atoms with van der Waals surface area (Å²) < 4.78 is 25.3. The summed E-state index contributed by atoms with van der Waals surface area (Å²) in [6.07, 6.45) is 3.68. The molecule has 160 valence electrons. The minimum atomic E-state index is -3.84. The molecule has 4 N–H and O–H groups in total. The van der Waals surface area contributed by atoms with E-state index in [0.717, 1.165) is 16.8 Å².